The molecule has 0 aliphatic carbocycles. The molecular formula is C17H18F3NO3. The second-order valence-corrected chi connectivity index (χ2v) is 6.65. The molecule has 1 N–H and O–H groups in total. The van der Waals surface area contributed by atoms with Gasteiger partial charge >= 0.3 is 12.1 Å². The number of rotatable bonds is 3. The lowest BCUT2D eigenvalue weighted by Crippen LogP contribution is -2.20. The van der Waals surface area contributed by atoms with E-state index in [1.165, 1.54) is 18.2 Å². The van der Waals surface area contributed by atoms with Crippen molar-refractivity contribution in [3.8, 4) is 5.75 Å². The van der Waals surface area contributed by atoms with E-state index in [9.17, 15) is 23.1 Å². The zero-order valence-corrected chi connectivity index (χ0v) is 13.8. The number of aromatic nitrogens is 1. The van der Waals surface area contributed by atoms with Crippen LogP contribution in [-0.4, -0.2) is 28.8 Å². The molecule has 7 heteroatoms. The predicted molar refractivity (Wildman–Crippen MR) is 83.7 cm³/mol. The molecule has 0 fully saturated rings. The largest absolute Gasteiger partial charge is 0.484 e. The van der Waals surface area contributed by atoms with Crippen molar-refractivity contribution in [2.24, 2.45) is 0 Å². The number of fused-ring (bicyclic) bond motifs is 1. The molecule has 0 spiro atoms. The molecule has 1 aromatic heterocycles. The topological polar surface area (TPSA) is 59.4 Å². The van der Waals surface area contributed by atoms with Gasteiger partial charge in [-0.3, -0.25) is 0 Å². The summed E-state index contributed by atoms with van der Waals surface area (Å²) in [6.45, 7) is 5.93. The second kappa shape index (κ2) is 5.96. The molecule has 0 aliphatic heterocycles. The smallest absolute Gasteiger partial charge is 0.422 e. The molecule has 0 aliphatic rings. The Bertz CT molecular complexity index is 792. The molecular weight excluding hydrogens is 323 g/mol. The van der Waals surface area contributed by atoms with Crippen molar-refractivity contribution in [2.45, 2.75) is 39.3 Å². The molecule has 0 radical (unpaired) electrons. The van der Waals surface area contributed by atoms with E-state index >= 15 is 0 Å². The number of carboxylic acids is 1. The van der Waals surface area contributed by atoms with E-state index in [4.69, 9.17) is 4.74 Å². The van der Waals surface area contributed by atoms with Crippen molar-refractivity contribution in [1.82, 2.24) is 4.98 Å². The van der Waals surface area contributed by atoms with Crippen molar-refractivity contribution in [3.05, 3.63) is 35.0 Å². The normalized spacial score (nSPS) is 12.5. The number of hydrogen-bond donors (Lipinski definition) is 1. The van der Waals surface area contributed by atoms with Gasteiger partial charge < -0.3 is 9.84 Å². The van der Waals surface area contributed by atoms with Gasteiger partial charge in [-0.05, 0) is 41.7 Å². The summed E-state index contributed by atoms with van der Waals surface area (Å²) in [6, 6.07) is 4.35. The van der Waals surface area contributed by atoms with Crippen molar-refractivity contribution in [3.63, 3.8) is 0 Å². The van der Waals surface area contributed by atoms with Gasteiger partial charge in [0.15, 0.2) is 6.61 Å². The number of aryl methyl sites for hydroxylation is 1. The van der Waals surface area contributed by atoms with E-state index in [1.54, 1.807) is 6.92 Å². The Balaban J connectivity index is 2.68. The van der Waals surface area contributed by atoms with Crippen LogP contribution in [-0.2, 0) is 5.41 Å². The van der Waals surface area contributed by atoms with E-state index in [0.29, 0.717) is 22.0 Å². The Labute approximate surface area is 137 Å². The molecule has 0 unspecified atom stereocenters. The molecule has 24 heavy (non-hydrogen) atoms. The number of nitrogens with zero attached hydrogens (tertiary/aromatic N) is 1. The minimum absolute atomic E-state index is 0.0812. The van der Waals surface area contributed by atoms with Gasteiger partial charge in [-0.15, -0.1) is 0 Å². The Hall–Kier alpha value is -2.31. The first-order chi connectivity index (χ1) is 10.9. The lowest BCUT2D eigenvalue weighted by Gasteiger charge is -2.23. The monoisotopic (exact) mass is 341 g/mol. The Morgan fingerprint density at radius 1 is 1.21 bits per heavy atom. The molecule has 4 nitrogen and oxygen atoms in total. The van der Waals surface area contributed by atoms with Gasteiger partial charge in [0.2, 0.25) is 0 Å². The summed E-state index contributed by atoms with van der Waals surface area (Å²) >= 11 is 0. The first-order valence-electron chi connectivity index (χ1n) is 7.27. The van der Waals surface area contributed by atoms with E-state index in [2.05, 4.69) is 4.98 Å². The third kappa shape index (κ3) is 3.96. The number of aromatic carboxylic acids is 1. The van der Waals surface area contributed by atoms with Crippen LogP contribution in [0.25, 0.3) is 10.9 Å². The highest BCUT2D eigenvalue weighted by Crippen LogP contribution is 2.35. The summed E-state index contributed by atoms with van der Waals surface area (Å²) in [5, 5.41) is 9.75. The van der Waals surface area contributed by atoms with Crippen molar-refractivity contribution >= 4 is 16.9 Å². The third-order valence-electron chi connectivity index (χ3n) is 3.52. The van der Waals surface area contributed by atoms with Gasteiger partial charge in [-0.2, -0.15) is 13.2 Å². The van der Waals surface area contributed by atoms with Crippen molar-refractivity contribution < 1.29 is 27.8 Å². The maximum Gasteiger partial charge on any atom is 0.422 e. The van der Waals surface area contributed by atoms with E-state index < -0.39 is 24.2 Å². The number of benzene rings is 1. The van der Waals surface area contributed by atoms with Crippen LogP contribution in [0.1, 0.15) is 42.4 Å². The van der Waals surface area contributed by atoms with E-state index in [-0.39, 0.29) is 11.4 Å². The fourth-order valence-electron chi connectivity index (χ4n) is 2.39. The lowest BCUT2D eigenvalue weighted by atomic mass is 9.84. The van der Waals surface area contributed by atoms with Gasteiger partial charge in [-0.25, -0.2) is 9.78 Å². The quantitative estimate of drug-likeness (QED) is 0.894. The molecule has 1 aromatic carbocycles. The van der Waals surface area contributed by atoms with Crippen LogP contribution >= 0.6 is 0 Å². The molecule has 0 saturated carbocycles. The van der Waals surface area contributed by atoms with E-state index in [0.717, 1.165) is 0 Å². The molecule has 2 rings (SSSR count). The van der Waals surface area contributed by atoms with Gasteiger partial charge in [-0.1, -0.05) is 20.8 Å². The molecule has 0 amide bonds. The molecule has 2 aromatic rings. The van der Waals surface area contributed by atoms with E-state index in [1.807, 2.05) is 20.8 Å². The highest BCUT2D eigenvalue weighted by Gasteiger charge is 2.29. The van der Waals surface area contributed by atoms with Gasteiger partial charge in [0.25, 0.3) is 0 Å². The predicted octanol–water partition coefficient (Wildman–Crippen LogP) is 4.48. The number of carboxylic acid groups (broad SMARTS) is 1. The molecule has 130 valence electrons. The van der Waals surface area contributed by atoms with Crippen LogP contribution in [0.15, 0.2) is 18.2 Å². The number of halogens is 3. The average Bonchev–Trinajstić information content (AvgIpc) is 2.42. The van der Waals surface area contributed by atoms with Crippen LogP contribution in [0.3, 0.4) is 0 Å². The Morgan fingerprint density at radius 2 is 1.83 bits per heavy atom. The zero-order valence-electron chi connectivity index (χ0n) is 13.8. The first kappa shape index (κ1) is 18.0. The van der Waals surface area contributed by atoms with Gasteiger partial charge in [0.1, 0.15) is 11.4 Å². The first-order valence-corrected chi connectivity index (χ1v) is 7.27. The number of carbonyl (C=O) groups is 1. The van der Waals surface area contributed by atoms with Crippen molar-refractivity contribution in [2.75, 3.05) is 6.61 Å². The molecule has 0 bridgehead atoms. The zero-order chi connectivity index (χ0) is 18.3. The standard InChI is InChI=1S/C17H18F3NO3/c1-9-5-13(15(22)23)21-14-11(9)6-10(24-8-17(18,19)20)7-12(14)16(2,3)4/h5-7H,8H2,1-4H3,(H,22,23). The van der Waals surface area contributed by atoms with Crippen LogP contribution < -0.4 is 4.74 Å². The summed E-state index contributed by atoms with van der Waals surface area (Å²) in [6.07, 6.45) is -4.43. The minimum atomic E-state index is -4.43. The number of hydrogen-bond acceptors (Lipinski definition) is 3. The highest BCUT2D eigenvalue weighted by molar-refractivity contribution is 5.93. The summed E-state index contributed by atoms with van der Waals surface area (Å²) in [7, 11) is 0. The summed E-state index contributed by atoms with van der Waals surface area (Å²) < 4.78 is 42.1. The highest BCUT2D eigenvalue weighted by atomic mass is 19.4. The molecule has 1 heterocycles. The van der Waals surface area contributed by atoms with Crippen LogP contribution in [0.5, 0.6) is 5.75 Å². The minimum Gasteiger partial charge on any atom is -0.484 e. The molecule has 0 saturated heterocycles. The fraction of sp³-hybridized carbons (Fsp3) is 0.412. The Morgan fingerprint density at radius 3 is 2.33 bits per heavy atom. The maximum absolute atomic E-state index is 12.4. The Kier molecular flexibility index (Phi) is 4.48. The number of pyridine rings is 1. The van der Waals surface area contributed by atoms with Crippen LogP contribution in [0, 0.1) is 6.92 Å². The lowest BCUT2D eigenvalue weighted by molar-refractivity contribution is -0.153. The number of ether oxygens (including phenoxy) is 1. The maximum atomic E-state index is 12.4. The average molecular weight is 341 g/mol. The summed E-state index contributed by atoms with van der Waals surface area (Å²) in [5.74, 6) is -1.07. The second-order valence-electron chi connectivity index (χ2n) is 6.65. The van der Waals surface area contributed by atoms with Crippen molar-refractivity contribution in [1.29, 1.82) is 0 Å². The molecule has 0 atom stereocenters. The SMILES string of the molecule is Cc1cc(C(=O)O)nc2c(C(C)(C)C)cc(OCC(F)(F)F)cc12. The van der Waals surface area contributed by atoms with Crippen LogP contribution in [0.2, 0.25) is 0 Å². The third-order valence-corrected chi connectivity index (χ3v) is 3.52. The number of alkyl halides is 3. The fourth-order valence-corrected chi connectivity index (χ4v) is 2.39. The summed E-state index contributed by atoms with van der Waals surface area (Å²) in [5.41, 5.74) is 1.14. The summed E-state index contributed by atoms with van der Waals surface area (Å²) in [4.78, 5) is 15.4. The van der Waals surface area contributed by atoms with Gasteiger partial charge in [0.05, 0.1) is 5.52 Å². The van der Waals surface area contributed by atoms with Crippen LogP contribution in [0.4, 0.5) is 13.2 Å². The van der Waals surface area contributed by atoms with Gasteiger partial charge in [0, 0.05) is 5.39 Å².